The molecule has 1 atom stereocenters. The monoisotopic (exact) mass is 270 g/mol. The van der Waals surface area contributed by atoms with E-state index in [9.17, 15) is 5.11 Å². The Morgan fingerprint density at radius 2 is 2.05 bits per heavy atom. The predicted octanol–water partition coefficient (Wildman–Crippen LogP) is 3.28. The van der Waals surface area contributed by atoms with Crippen molar-refractivity contribution in [3.05, 3.63) is 58.9 Å². The Morgan fingerprint density at radius 3 is 2.79 bits per heavy atom. The second-order valence-electron chi connectivity index (χ2n) is 4.56. The van der Waals surface area contributed by atoms with E-state index in [2.05, 4.69) is 9.97 Å². The summed E-state index contributed by atoms with van der Waals surface area (Å²) in [6.07, 6.45) is 1.69. The van der Waals surface area contributed by atoms with E-state index in [1.807, 2.05) is 43.3 Å². The van der Waals surface area contributed by atoms with Gasteiger partial charge in [0.1, 0.15) is 6.10 Å². The van der Waals surface area contributed by atoms with E-state index in [1.165, 1.54) is 0 Å². The van der Waals surface area contributed by atoms with Gasteiger partial charge < -0.3 is 5.11 Å². The van der Waals surface area contributed by atoms with Crippen molar-refractivity contribution >= 4 is 21.6 Å². The number of aliphatic hydroxyl groups is 1. The van der Waals surface area contributed by atoms with Gasteiger partial charge in [-0.2, -0.15) is 0 Å². The Kier molecular flexibility index (Phi) is 3.27. The van der Waals surface area contributed by atoms with Crippen LogP contribution in [-0.4, -0.2) is 15.1 Å². The minimum absolute atomic E-state index is 0.509. The minimum Gasteiger partial charge on any atom is -0.386 e. The van der Waals surface area contributed by atoms with Crippen molar-refractivity contribution in [2.24, 2.45) is 0 Å². The lowest BCUT2D eigenvalue weighted by Gasteiger charge is -2.07. The molecule has 3 rings (SSSR count). The maximum atomic E-state index is 10.2. The number of fused-ring (bicyclic) bond motifs is 1. The molecule has 0 saturated heterocycles. The van der Waals surface area contributed by atoms with E-state index in [0.717, 1.165) is 20.8 Å². The van der Waals surface area contributed by atoms with E-state index in [1.54, 1.807) is 17.5 Å². The Bertz CT molecular complexity index is 658. The predicted molar refractivity (Wildman–Crippen MR) is 77.3 cm³/mol. The minimum atomic E-state index is -0.596. The van der Waals surface area contributed by atoms with Gasteiger partial charge in [0.05, 0.1) is 20.9 Å². The SMILES string of the molecule is Cc1ccc(C(O)Cc2nc3ccccc3s2)nc1. The summed E-state index contributed by atoms with van der Waals surface area (Å²) in [5.74, 6) is 0. The van der Waals surface area contributed by atoms with E-state index >= 15 is 0 Å². The van der Waals surface area contributed by atoms with Crippen LogP contribution in [0.1, 0.15) is 22.4 Å². The molecule has 4 heteroatoms. The molecule has 96 valence electrons. The van der Waals surface area contributed by atoms with Crippen LogP contribution in [0, 0.1) is 6.92 Å². The largest absolute Gasteiger partial charge is 0.386 e. The van der Waals surface area contributed by atoms with Crippen molar-refractivity contribution in [1.29, 1.82) is 0 Å². The Hall–Kier alpha value is -1.78. The van der Waals surface area contributed by atoms with E-state index in [0.29, 0.717) is 12.1 Å². The molecule has 0 saturated carbocycles. The van der Waals surface area contributed by atoms with Crippen LogP contribution in [0.3, 0.4) is 0 Å². The second kappa shape index (κ2) is 5.07. The Balaban J connectivity index is 1.82. The molecule has 1 aromatic carbocycles. The van der Waals surface area contributed by atoms with Crippen LogP contribution in [0.25, 0.3) is 10.2 Å². The molecule has 0 spiro atoms. The molecular weight excluding hydrogens is 256 g/mol. The van der Waals surface area contributed by atoms with E-state index in [-0.39, 0.29) is 0 Å². The number of rotatable bonds is 3. The number of hydrogen-bond acceptors (Lipinski definition) is 4. The summed E-state index contributed by atoms with van der Waals surface area (Å²) in [7, 11) is 0. The molecule has 0 aliphatic heterocycles. The number of aromatic nitrogens is 2. The Morgan fingerprint density at radius 1 is 1.21 bits per heavy atom. The molecule has 0 amide bonds. The smallest absolute Gasteiger partial charge is 0.102 e. The number of thiazole rings is 1. The van der Waals surface area contributed by atoms with Gasteiger partial charge in [-0.05, 0) is 30.7 Å². The lowest BCUT2D eigenvalue weighted by molar-refractivity contribution is 0.173. The number of aryl methyl sites for hydroxylation is 1. The first-order chi connectivity index (χ1) is 9.22. The summed E-state index contributed by atoms with van der Waals surface area (Å²) in [5, 5.41) is 11.1. The van der Waals surface area contributed by atoms with Gasteiger partial charge in [0, 0.05) is 12.6 Å². The number of para-hydroxylation sites is 1. The number of pyridine rings is 1. The van der Waals surface area contributed by atoms with Gasteiger partial charge in [-0.1, -0.05) is 18.2 Å². The molecule has 19 heavy (non-hydrogen) atoms. The number of benzene rings is 1. The van der Waals surface area contributed by atoms with E-state index in [4.69, 9.17) is 0 Å². The summed E-state index contributed by atoms with van der Waals surface area (Å²) in [6.45, 7) is 1.98. The van der Waals surface area contributed by atoms with Crippen molar-refractivity contribution in [2.75, 3.05) is 0 Å². The van der Waals surface area contributed by atoms with Crippen LogP contribution in [0.5, 0.6) is 0 Å². The van der Waals surface area contributed by atoms with Crippen molar-refractivity contribution in [3.8, 4) is 0 Å². The third kappa shape index (κ3) is 2.64. The highest BCUT2D eigenvalue weighted by Crippen LogP contribution is 2.25. The van der Waals surface area contributed by atoms with Crippen LogP contribution in [0.4, 0.5) is 0 Å². The molecular formula is C15H14N2OS. The lowest BCUT2D eigenvalue weighted by Crippen LogP contribution is -2.03. The van der Waals surface area contributed by atoms with Gasteiger partial charge in [-0.15, -0.1) is 11.3 Å². The van der Waals surface area contributed by atoms with Gasteiger partial charge in [0.25, 0.3) is 0 Å². The highest BCUT2D eigenvalue weighted by atomic mass is 32.1. The first-order valence-corrected chi connectivity index (χ1v) is 6.99. The highest BCUT2D eigenvalue weighted by molar-refractivity contribution is 7.18. The van der Waals surface area contributed by atoms with Crippen LogP contribution >= 0.6 is 11.3 Å². The van der Waals surface area contributed by atoms with Crippen molar-refractivity contribution < 1.29 is 5.11 Å². The molecule has 1 unspecified atom stereocenters. The fraction of sp³-hybridized carbons (Fsp3) is 0.200. The Labute approximate surface area is 115 Å². The summed E-state index contributed by atoms with van der Waals surface area (Å²) in [6, 6.07) is 11.8. The van der Waals surface area contributed by atoms with Crippen LogP contribution in [0.2, 0.25) is 0 Å². The third-order valence-electron chi connectivity index (χ3n) is 2.98. The molecule has 0 aliphatic carbocycles. The van der Waals surface area contributed by atoms with Gasteiger partial charge in [-0.25, -0.2) is 4.98 Å². The van der Waals surface area contributed by atoms with Crippen molar-refractivity contribution in [2.45, 2.75) is 19.4 Å². The number of nitrogens with zero attached hydrogens (tertiary/aromatic N) is 2. The quantitative estimate of drug-likeness (QED) is 0.794. The summed E-state index contributed by atoms with van der Waals surface area (Å²) < 4.78 is 1.15. The molecule has 1 N–H and O–H groups in total. The lowest BCUT2D eigenvalue weighted by atomic mass is 10.1. The number of hydrogen-bond donors (Lipinski definition) is 1. The molecule has 3 aromatic rings. The zero-order valence-electron chi connectivity index (χ0n) is 10.6. The maximum absolute atomic E-state index is 10.2. The van der Waals surface area contributed by atoms with Gasteiger partial charge in [0.15, 0.2) is 0 Å². The average Bonchev–Trinajstić information content (AvgIpc) is 2.81. The fourth-order valence-electron chi connectivity index (χ4n) is 1.95. The zero-order chi connectivity index (χ0) is 13.2. The number of aliphatic hydroxyl groups excluding tert-OH is 1. The standard InChI is InChI=1S/C15H14N2OS/c1-10-6-7-11(16-9-10)13(18)8-15-17-12-4-2-3-5-14(12)19-15/h2-7,9,13,18H,8H2,1H3. The maximum Gasteiger partial charge on any atom is 0.102 e. The highest BCUT2D eigenvalue weighted by Gasteiger charge is 2.13. The van der Waals surface area contributed by atoms with Gasteiger partial charge >= 0.3 is 0 Å². The molecule has 0 radical (unpaired) electrons. The second-order valence-corrected chi connectivity index (χ2v) is 5.67. The third-order valence-corrected chi connectivity index (χ3v) is 4.04. The van der Waals surface area contributed by atoms with Gasteiger partial charge in [-0.3, -0.25) is 4.98 Å². The first kappa shape index (κ1) is 12.3. The average molecular weight is 270 g/mol. The molecule has 2 heterocycles. The summed E-state index contributed by atoms with van der Waals surface area (Å²) in [4.78, 5) is 8.78. The summed E-state index contributed by atoms with van der Waals surface area (Å²) >= 11 is 1.62. The fourth-order valence-corrected chi connectivity index (χ4v) is 2.96. The van der Waals surface area contributed by atoms with Crippen molar-refractivity contribution in [3.63, 3.8) is 0 Å². The molecule has 2 aromatic heterocycles. The van der Waals surface area contributed by atoms with Gasteiger partial charge in [0.2, 0.25) is 0 Å². The normalized spacial score (nSPS) is 12.7. The van der Waals surface area contributed by atoms with Crippen LogP contribution in [-0.2, 0) is 6.42 Å². The molecule has 0 aliphatic rings. The molecule has 0 fully saturated rings. The van der Waals surface area contributed by atoms with Crippen LogP contribution in [0.15, 0.2) is 42.6 Å². The molecule has 0 bridgehead atoms. The van der Waals surface area contributed by atoms with E-state index < -0.39 is 6.10 Å². The van der Waals surface area contributed by atoms with Crippen molar-refractivity contribution in [1.82, 2.24) is 9.97 Å². The zero-order valence-corrected chi connectivity index (χ0v) is 11.4. The summed E-state index contributed by atoms with van der Waals surface area (Å²) in [5.41, 5.74) is 2.78. The molecule has 3 nitrogen and oxygen atoms in total. The van der Waals surface area contributed by atoms with Crippen LogP contribution < -0.4 is 0 Å². The first-order valence-electron chi connectivity index (χ1n) is 6.17. The topological polar surface area (TPSA) is 46.0 Å².